The average Bonchev–Trinajstić information content (AvgIpc) is 2.26. The average molecular weight is 259 g/mol. The molecule has 0 saturated carbocycles. The molecule has 0 atom stereocenters. The van der Waals surface area contributed by atoms with Gasteiger partial charge in [-0.25, -0.2) is 0 Å². The maximum Gasteiger partial charge on any atom is 0.125 e. The van der Waals surface area contributed by atoms with Crippen molar-refractivity contribution in [3.05, 3.63) is 28.8 Å². The highest BCUT2D eigenvalue weighted by atomic mass is 16.5. The van der Waals surface area contributed by atoms with Crippen LogP contribution in [0.1, 0.15) is 30.5 Å². The summed E-state index contributed by atoms with van der Waals surface area (Å²) in [6.07, 6.45) is 0. The highest BCUT2D eigenvalue weighted by molar-refractivity contribution is 5.51. The molecule has 0 aliphatic carbocycles. The number of nitrogens with zero attached hydrogens (tertiary/aromatic N) is 1. The Morgan fingerprint density at radius 3 is 2.37 bits per heavy atom. The van der Waals surface area contributed by atoms with E-state index in [9.17, 15) is 5.26 Å². The minimum atomic E-state index is -0.487. The molecule has 1 aliphatic heterocycles. The van der Waals surface area contributed by atoms with Crippen molar-refractivity contribution in [3.63, 3.8) is 0 Å². The van der Waals surface area contributed by atoms with Gasteiger partial charge in [-0.15, -0.1) is 0 Å². The van der Waals surface area contributed by atoms with Gasteiger partial charge in [-0.1, -0.05) is 17.7 Å². The smallest absolute Gasteiger partial charge is 0.125 e. The first kappa shape index (κ1) is 13.9. The van der Waals surface area contributed by atoms with Gasteiger partial charge in [-0.2, -0.15) is 5.26 Å². The Kier molecular flexibility index (Phi) is 3.32. The third-order valence-electron chi connectivity index (χ3n) is 4.31. The molecule has 1 heterocycles. The van der Waals surface area contributed by atoms with Crippen LogP contribution in [-0.4, -0.2) is 20.3 Å². The second kappa shape index (κ2) is 4.54. The number of benzene rings is 1. The van der Waals surface area contributed by atoms with Gasteiger partial charge < -0.3 is 9.47 Å². The summed E-state index contributed by atoms with van der Waals surface area (Å²) in [6.45, 7) is 9.23. The maximum absolute atomic E-state index is 9.51. The number of hydrogen-bond donors (Lipinski definition) is 0. The molecule has 0 spiro atoms. The first-order valence-corrected chi connectivity index (χ1v) is 6.53. The summed E-state index contributed by atoms with van der Waals surface area (Å²) in [5.74, 6) is 0.886. The Labute approximate surface area is 115 Å². The van der Waals surface area contributed by atoms with Crippen LogP contribution in [0.4, 0.5) is 0 Å². The summed E-state index contributed by atoms with van der Waals surface area (Å²) in [6, 6.07) is 6.68. The summed E-state index contributed by atoms with van der Waals surface area (Å²) in [7, 11) is 1.69. The van der Waals surface area contributed by atoms with E-state index in [2.05, 4.69) is 25.1 Å². The van der Waals surface area contributed by atoms with Crippen molar-refractivity contribution in [1.29, 1.82) is 5.26 Å². The van der Waals surface area contributed by atoms with Gasteiger partial charge in [0.15, 0.2) is 0 Å². The summed E-state index contributed by atoms with van der Waals surface area (Å²) in [5.41, 5.74) is 2.64. The predicted octanol–water partition coefficient (Wildman–Crippen LogP) is 3.13. The topological polar surface area (TPSA) is 42.2 Å². The lowest BCUT2D eigenvalue weighted by Gasteiger charge is -2.50. The van der Waals surface area contributed by atoms with Crippen molar-refractivity contribution in [3.8, 4) is 11.8 Å². The molecule has 1 aliphatic rings. The van der Waals surface area contributed by atoms with Gasteiger partial charge in [-0.3, -0.25) is 0 Å². The van der Waals surface area contributed by atoms with Crippen molar-refractivity contribution in [2.45, 2.75) is 33.1 Å². The van der Waals surface area contributed by atoms with E-state index in [1.807, 2.05) is 20.8 Å². The molecule has 3 nitrogen and oxygen atoms in total. The first-order valence-electron chi connectivity index (χ1n) is 6.53. The van der Waals surface area contributed by atoms with E-state index in [1.165, 1.54) is 5.56 Å². The van der Waals surface area contributed by atoms with Crippen LogP contribution in [0.2, 0.25) is 0 Å². The van der Waals surface area contributed by atoms with Crippen molar-refractivity contribution in [2.75, 3.05) is 20.3 Å². The number of aryl methyl sites for hydroxylation is 2. The lowest BCUT2D eigenvalue weighted by molar-refractivity contribution is -0.103. The Hall–Kier alpha value is -1.53. The molecule has 1 aromatic carbocycles. The van der Waals surface area contributed by atoms with Crippen molar-refractivity contribution >= 4 is 0 Å². The van der Waals surface area contributed by atoms with Crippen LogP contribution in [0.15, 0.2) is 12.1 Å². The van der Waals surface area contributed by atoms with Crippen LogP contribution in [0.5, 0.6) is 5.75 Å². The molecule has 1 aromatic rings. The summed E-state index contributed by atoms with van der Waals surface area (Å²) in [5, 5.41) is 9.51. The lowest BCUT2D eigenvalue weighted by atomic mass is 9.60. The first-order chi connectivity index (χ1) is 8.88. The SMILES string of the molecule is COc1c(C)cc(C)cc1C1(C(C)(C)C#N)COC1. The standard InChI is InChI=1S/C16H21NO2/c1-11-6-12(2)14(18-5)13(7-11)16(9-19-10-16)15(3,4)8-17/h6-7H,9-10H2,1-5H3. The quantitative estimate of drug-likeness (QED) is 0.837. The second-order valence-electron chi connectivity index (χ2n) is 5.97. The molecule has 0 aromatic heterocycles. The van der Waals surface area contributed by atoms with Crippen LogP contribution in [0.3, 0.4) is 0 Å². The number of nitriles is 1. The van der Waals surface area contributed by atoms with Crippen molar-refractivity contribution < 1.29 is 9.47 Å². The molecule has 102 valence electrons. The largest absolute Gasteiger partial charge is 0.496 e. The Morgan fingerprint density at radius 2 is 1.95 bits per heavy atom. The molecular weight excluding hydrogens is 238 g/mol. The molecule has 0 bridgehead atoms. The molecule has 1 saturated heterocycles. The van der Waals surface area contributed by atoms with Gasteiger partial charge in [0.1, 0.15) is 5.75 Å². The van der Waals surface area contributed by atoms with E-state index in [1.54, 1.807) is 7.11 Å². The van der Waals surface area contributed by atoms with Gasteiger partial charge in [0, 0.05) is 5.56 Å². The molecule has 0 N–H and O–H groups in total. The van der Waals surface area contributed by atoms with E-state index >= 15 is 0 Å². The van der Waals surface area contributed by atoms with E-state index in [4.69, 9.17) is 9.47 Å². The minimum Gasteiger partial charge on any atom is -0.496 e. The predicted molar refractivity (Wildman–Crippen MR) is 74.4 cm³/mol. The molecule has 0 radical (unpaired) electrons. The van der Waals surface area contributed by atoms with E-state index in [0.717, 1.165) is 16.9 Å². The Bertz CT molecular complexity index is 536. The number of rotatable bonds is 3. The van der Waals surface area contributed by atoms with Crippen molar-refractivity contribution in [2.24, 2.45) is 5.41 Å². The molecular formula is C16H21NO2. The van der Waals surface area contributed by atoms with E-state index in [0.29, 0.717) is 13.2 Å². The van der Waals surface area contributed by atoms with Crippen molar-refractivity contribution in [1.82, 2.24) is 0 Å². The third kappa shape index (κ3) is 1.91. The fraction of sp³-hybridized carbons (Fsp3) is 0.562. The third-order valence-corrected chi connectivity index (χ3v) is 4.31. The molecule has 0 unspecified atom stereocenters. The van der Waals surface area contributed by atoms with Gasteiger partial charge in [0.25, 0.3) is 0 Å². The van der Waals surface area contributed by atoms with E-state index < -0.39 is 5.41 Å². The summed E-state index contributed by atoms with van der Waals surface area (Å²) in [4.78, 5) is 0. The highest BCUT2D eigenvalue weighted by Crippen LogP contribution is 2.50. The van der Waals surface area contributed by atoms with Crippen LogP contribution in [0.25, 0.3) is 0 Å². The van der Waals surface area contributed by atoms with Crippen LogP contribution >= 0.6 is 0 Å². The lowest BCUT2D eigenvalue weighted by Crippen LogP contribution is -2.56. The highest BCUT2D eigenvalue weighted by Gasteiger charge is 2.54. The Balaban J connectivity index is 2.66. The molecule has 19 heavy (non-hydrogen) atoms. The van der Waals surface area contributed by atoms with Crippen LogP contribution in [0, 0.1) is 30.6 Å². The summed E-state index contributed by atoms with van der Waals surface area (Å²) < 4.78 is 11.0. The molecule has 2 rings (SSSR count). The minimum absolute atomic E-state index is 0.274. The van der Waals surface area contributed by atoms with Crippen LogP contribution in [-0.2, 0) is 10.2 Å². The van der Waals surface area contributed by atoms with Gasteiger partial charge in [-0.05, 0) is 33.3 Å². The zero-order valence-electron chi connectivity index (χ0n) is 12.3. The van der Waals surface area contributed by atoms with Gasteiger partial charge in [0.2, 0.25) is 0 Å². The second-order valence-corrected chi connectivity index (χ2v) is 5.97. The normalized spacial score (nSPS) is 17.5. The molecule has 1 fully saturated rings. The van der Waals surface area contributed by atoms with Gasteiger partial charge in [0.05, 0.1) is 37.2 Å². The number of ether oxygens (including phenoxy) is 2. The fourth-order valence-electron chi connectivity index (χ4n) is 2.85. The zero-order chi connectivity index (χ0) is 14.3. The number of hydrogen-bond acceptors (Lipinski definition) is 3. The summed E-state index contributed by atoms with van der Waals surface area (Å²) >= 11 is 0. The monoisotopic (exact) mass is 259 g/mol. The number of methoxy groups -OCH3 is 1. The van der Waals surface area contributed by atoms with E-state index in [-0.39, 0.29) is 5.41 Å². The fourth-order valence-corrected chi connectivity index (χ4v) is 2.85. The Morgan fingerprint density at radius 1 is 1.32 bits per heavy atom. The van der Waals surface area contributed by atoms with Crippen LogP contribution < -0.4 is 4.74 Å². The van der Waals surface area contributed by atoms with Gasteiger partial charge >= 0.3 is 0 Å². The molecule has 0 amide bonds. The molecule has 3 heteroatoms. The zero-order valence-corrected chi connectivity index (χ0v) is 12.3. The maximum atomic E-state index is 9.51.